The Morgan fingerprint density at radius 1 is 1.41 bits per heavy atom. The smallest absolute Gasteiger partial charge is 0.338 e. The third-order valence-electron chi connectivity index (χ3n) is 1.72. The van der Waals surface area contributed by atoms with E-state index in [4.69, 9.17) is 21.1 Å². The van der Waals surface area contributed by atoms with Gasteiger partial charge in [0, 0.05) is 0 Å². The van der Waals surface area contributed by atoms with Crippen molar-refractivity contribution < 1.29 is 18.7 Å². The molecule has 0 radical (unpaired) electrons. The predicted octanol–water partition coefficient (Wildman–Crippen LogP) is 3.97. The summed E-state index contributed by atoms with van der Waals surface area (Å²) in [6.07, 6.45) is 0. The van der Waals surface area contributed by atoms with E-state index < -0.39 is 12.0 Å². The van der Waals surface area contributed by atoms with E-state index in [1.807, 2.05) is 0 Å². The number of ether oxygens (including phenoxy) is 2. The molecule has 0 atom stereocenters. The van der Waals surface area contributed by atoms with Gasteiger partial charge in [-0.2, -0.15) is 4.39 Å². The molecule has 92 valence electrons. The van der Waals surface area contributed by atoms with E-state index in [2.05, 4.69) is 15.9 Å². The average Bonchev–Trinajstić information content (AvgIpc) is 2.30. The highest BCUT2D eigenvalue weighted by atomic mass is 79.9. The molecule has 0 aliphatic rings. The normalized spacial score (nSPS) is 11.8. The molecule has 0 aromatic heterocycles. The number of halogens is 3. The summed E-state index contributed by atoms with van der Waals surface area (Å²) in [6.45, 7) is 2.02. The molecule has 0 aliphatic carbocycles. The second-order valence-corrected chi connectivity index (χ2v) is 4.51. The van der Waals surface area contributed by atoms with Gasteiger partial charge in [-0.25, -0.2) is 4.79 Å². The third-order valence-corrected chi connectivity index (χ3v) is 2.18. The van der Waals surface area contributed by atoms with E-state index in [1.54, 1.807) is 6.92 Å². The first-order chi connectivity index (χ1) is 8.04. The maximum atomic E-state index is 13.0. The lowest BCUT2D eigenvalue weighted by Crippen LogP contribution is -2.04. The lowest BCUT2D eigenvalue weighted by Gasteiger charge is -2.04. The summed E-state index contributed by atoms with van der Waals surface area (Å²) in [4.78, 5) is 11.3. The molecule has 0 spiro atoms. The molecular formula is C11H9BrClFO3. The first kappa shape index (κ1) is 14.0. The number of carbonyl (C=O) groups excluding carboxylic acids is 1. The molecular weight excluding hydrogens is 314 g/mol. The van der Waals surface area contributed by atoms with Crippen LogP contribution < -0.4 is 4.74 Å². The van der Waals surface area contributed by atoms with E-state index in [1.165, 1.54) is 24.3 Å². The molecule has 1 rings (SSSR count). The van der Waals surface area contributed by atoms with E-state index in [-0.39, 0.29) is 9.69 Å². The number of rotatable bonds is 4. The van der Waals surface area contributed by atoms with Crippen molar-refractivity contribution in [2.45, 2.75) is 6.92 Å². The minimum atomic E-state index is -0.949. The molecule has 0 fully saturated rings. The van der Waals surface area contributed by atoms with Gasteiger partial charge >= 0.3 is 12.0 Å². The van der Waals surface area contributed by atoms with Crippen molar-refractivity contribution in [2.24, 2.45) is 0 Å². The van der Waals surface area contributed by atoms with Crippen LogP contribution in [0, 0.1) is 0 Å². The van der Waals surface area contributed by atoms with Crippen LogP contribution in [0.2, 0.25) is 0 Å². The van der Waals surface area contributed by atoms with Crippen molar-refractivity contribution >= 4 is 33.5 Å². The highest BCUT2D eigenvalue weighted by molar-refractivity contribution is 9.12. The fourth-order valence-corrected chi connectivity index (χ4v) is 1.14. The molecule has 1 aromatic carbocycles. The van der Waals surface area contributed by atoms with Gasteiger partial charge in [0.15, 0.2) is 3.94 Å². The Labute approximate surface area is 111 Å². The SMILES string of the molecule is CCOC(=O)c1ccc(O/C(F)=C(/Cl)Br)cc1. The van der Waals surface area contributed by atoms with E-state index >= 15 is 0 Å². The largest absolute Gasteiger partial charge is 0.462 e. The molecule has 17 heavy (non-hydrogen) atoms. The fourth-order valence-electron chi connectivity index (χ4n) is 1.02. The van der Waals surface area contributed by atoms with Crippen LogP contribution in [-0.2, 0) is 4.74 Å². The summed E-state index contributed by atoms with van der Waals surface area (Å²) in [5, 5.41) is 0. The summed E-state index contributed by atoms with van der Waals surface area (Å²) in [6, 6.07) is 4.89. The zero-order chi connectivity index (χ0) is 12.8. The highest BCUT2D eigenvalue weighted by Gasteiger charge is 2.08. The fraction of sp³-hybridized carbons (Fsp3) is 0.182. The van der Waals surface area contributed by atoms with Gasteiger partial charge in [0.1, 0.15) is 5.75 Å². The van der Waals surface area contributed by atoms with E-state index in [0.29, 0.717) is 12.2 Å². The molecule has 0 unspecified atom stereocenters. The highest BCUT2D eigenvalue weighted by Crippen LogP contribution is 2.22. The van der Waals surface area contributed by atoms with Crippen LogP contribution in [0.15, 0.2) is 34.2 Å². The maximum Gasteiger partial charge on any atom is 0.338 e. The van der Waals surface area contributed by atoms with Crippen LogP contribution in [0.1, 0.15) is 17.3 Å². The lowest BCUT2D eigenvalue weighted by atomic mass is 10.2. The Hall–Kier alpha value is -1.07. The monoisotopic (exact) mass is 322 g/mol. The second-order valence-electron chi connectivity index (χ2n) is 2.88. The third kappa shape index (κ3) is 4.36. The van der Waals surface area contributed by atoms with Crippen molar-refractivity contribution in [3.05, 3.63) is 39.8 Å². The quantitative estimate of drug-likeness (QED) is 0.621. The van der Waals surface area contributed by atoms with Gasteiger partial charge in [0.2, 0.25) is 0 Å². The first-order valence-electron chi connectivity index (χ1n) is 4.70. The summed E-state index contributed by atoms with van der Waals surface area (Å²) in [7, 11) is 0. The van der Waals surface area contributed by atoms with Crippen molar-refractivity contribution in [2.75, 3.05) is 6.61 Å². The number of carbonyl (C=O) groups is 1. The molecule has 0 bridgehead atoms. The van der Waals surface area contributed by atoms with Crippen molar-refractivity contribution in [1.82, 2.24) is 0 Å². The van der Waals surface area contributed by atoms with Gasteiger partial charge in [-0.1, -0.05) is 11.6 Å². The molecule has 3 nitrogen and oxygen atoms in total. The Morgan fingerprint density at radius 3 is 2.47 bits per heavy atom. The van der Waals surface area contributed by atoms with Crippen LogP contribution in [0.4, 0.5) is 4.39 Å². The standard InChI is InChI=1S/C11H9BrClFO3/c1-2-16-11(15)7-3-5-8(6-4-7)17-10(14)9(12)13/h3-6H,2H2,1H3/b10-9+. The molecule has 0 saturated heterocycles. The van der Waals surface area contributed by atoms with Gasteiger partial charge in [0.25, 0.3) is 0 Å². The van der Waals surface area contributed by atoms with Gasteiger partial charge in [-0.15, -0.1) is 0 Å². The summed E-state index contributed by atoms with van der Waals surface area (Å²) >= 11 is 8.05. The average molecular weight is 324 g/mol. The van der Waals surface area contributed by atoms with Crippen molar-refractivity contribution in [1.29, 1.82) is 0 Å². The second kappa shape index (κ2) is 6.61. The predicted molar refractivity (Wildman–Crippen MR) is 65.9 cm³/mol. The Bertz CT molecular complexity index is 427. The summed E-state index contributed by atoms with van der Waals surface area (Å²) in [5.74, 6) is -0.207. The van der Waals surface area contributed by atoms with Crippen LogP contribution in [0.25, 0.3) is 0 Å². The van der Waals surface area contributed by atoms with Crippen LogP contribution >= 0.6 is 27.5 Å². The van der Waals surface area contributed by atoms with Crippen LogP contribution in [0.5, 0.6) is 5.75 Å². The first-order valence-corrected chi connectivity index (χ1v) is 5.87. The summed E-state index contributed by atoms with van der Waals surface area (Å²) in [5.41, 5.74) is 0.369. The lowest BCUT2D eigenvalue weighted by molar-refractivity contribution is 0.0526. The Morgan fingerprint density at radius 2 is 2.00 bits per heavy atom. The molecule has 1 aromatic rings. The molecule has 0 amide bonds. The number of hydrogen-bond acceptors (Lipinski definition) is 3. The number of hydrogen-bond donors (Lipinski definition) is 0. The Balaban J connectivity index is 2.75. The van der Waals surface area contributed by atoms with E-state index in [9.17, 15) is 9.18 Å². The van der Waals surface area contributed by atoms with E-state index in [0.717, 1.165) is 0 Å². The molecule has 0 aliphatic heterocycles. The molecule has 6 heteroatoms. The number of benzene rings is 1. The van der Waals surface area contributed by atoms with Gasteiger partial charge in [-0.3, -0.25) is 0 Å². The topological polar surface area (TPSA) is 35.5 Å². The van der Waals surface area contributed by atoms with Crippen molar-refractivity contribution in [3.8, 4) is 5.75 Å². The van der Waals surface area contributed by atoms with Gasteiger partial charge in [0.05, 0.1) is 12.2 Å². The molecule has 0 heterocycles. The summed E-state index contributed by atoms with van der Waals surface area (Å²) < 4.78 is 22.3. The molecule has 0 N–H and O–H groups in total. The van der Waals surface area contributed by atoms with Gasteiger partial charge in [-0.05, 0) is 47.1 Å². The minimum absolute atomic E-state index is 0.230. The van der Waals surface area contributed by atoms with Crippen LogP contribution in [-0.4, -0.2) is 12.6 Å². The minimum Gasteiger partial charge on any atom is -0.462 e. The zero-order valence-electron chi connectivity index (χ0n) is 8.88. The van der Waals surface area contributed by atoms with Crippen LogP contribution in [0.3, 0.4) is 0 Å². The van der Waals surface area contributed by atoms with Gasteiger partial charge < -0.3 is 9.47 Å². The number of esters is 1. The maximum absolute atomic E-state index is 13.0. The van der Waals surface area contributed by atoms with Crippen molar-refractivity contribution in [3.63, 3.8) is 0 Å². The zero-order valence-corrected chi connectivity index (χ0v) is 11.2. The molecule has 0 saturated carbocycles. The Kier molecular flexibility index (Phi) is 5.44.